The summed E-state index contributed by atoms with van der Waals surface area (Å²) in [7, 11) is -4.71. The molecule has 3 atom stereocenters. The van der Waals surface area contributed by atoms with Crippen molar-refractivity contribution in [3.8, 4) is 0 Å². The zero-order valence-corrected chi connectivity index (χ0v) is 32.4. The summed E-state index contributed by atoms with van der Waals surface area (Å²) in [6, 6.07) is -1.52. The smallest absolute Gasteiger partial charge is 0.472 e. The molecule has 4 N–H and O–H groups in total. The van der Waals surface area contributed by atoms with Crippen molar-refractivity contribution >= 4 is 25.7 Å². The van der Waals surface area contributed by atoms with Crippen molar-refractivity contribution in [2.45, 2.75) is 193 Å². The first-order valence-electron chi connectivity index (χ1n) is 19.7. The molecule has 1 unspecified atom stereocenters. The minimum absolute atomic E-state index is 0.135. The van der Waals surface area contributed by atoms with E-state index in [-0.39, 0.29) is 19.4 Å². The molecule has 0 aliphatic heterocycles. The van der Waals surface area contributed by atoms with E-state index in [0.717, 1.165) is 38.5 Å². The van der Waals surface area contributed by atoms with Gasteiger partial charge in [0.05, 0.1) is 13.2 Å². The van der Waals surface area contributed by atoms with Gasteiger partial charge < -0.3 is 25.2 Å². The van der Waals surface area contributed by atoms with Gasteiger partial charge in [-0.1, -0.05) is 142 Å². The number of hydrogen-bond donors (Lipinski definition) is 3. The van der Waals surface area contributed by atoms with Crippen molar-refractivity contribution in [1.29, 1.82) is 0 Å². The Bertz CT molecular complexity index is 916. The zero-order chi connectivity index (χ0) is 37.1. The van der Waals surface area contributed by atoms with Crippen molar-refractivity contribution in [3.63, 3.8) is 0 Å². The van der Waals surface area contributed by atoms with Gasteiger partial charge >= 0.3 is 25.7 Å². The van der Waals surface area contributed by atoms with E-state index >= 15 is 0 Å². The van der Waals surface area contributed by atoms with Crippen molar-refractivity contribution in [1.82, 2.24) is 0 Å². The Hall–Kier alpha value is -1.78. The molecular weight excluding hydrogens is 661 g/mol. The lowest BCUT2D eigenvalue weighted by atomic mass is 10.1. The predicted molar refractivity (Wildman–Crippen MR) is 199 cm³/mol. The molecule has 0 aliphatic carbocycles. The molecule has 12 heteroatoms. The molecule has 0 aliphatic rings. The molecule has 0 saturated carbocycles. The molecule has 0 radical (unpaired) electrons. The van der Waals surface area contributed by atoms with Gasteiger partial charge in [0.25, 0.3) is 0 Å². The topological polar surface area (TPSA) is 172 Å². The highest BCUT2D eigenvalue weighted by atomic mass is 31.2. The maximum Gasteiger partial charge on any atom is 0.472 e. The molecule has 0 heterocycles. The van der Waals surface area contributed by atoms with Gasteiger partial charge in [0, 0.05) is 12.8 Å². The van der Waals surface area contributed by atoms with Gasteiger partial charge in [-0.3, -0.25) is 23.4 Å². The van der Waals surface area contributed by atoms with Crippen LogP contribution in [-0.4, -0.2) is 59.9 Å². The second kappa shape index (κ2) is 34.3. The van der Waals surface area contributed by atoms with Crippen LogP contribution in [0.2, 0.25) is 0 Å². The summed E-state index contributed by atoms with van der Waals surface area (Å²) in [6.45, 7) is 2.77. The molecule has 0 rings (SSSR count). The van der Waals surface area contributed by atoms with Crippen LogP contribution in [0.25, 0.3) is 0 Å². The third-order valence-corrected chi connectivity index (χ3v) is 9.46. The number of phosphoric ester groups is 1. The summed E-state index contributed by atoms with van der Waals surface area (Å²) in [4.78, 5) is 45.7. The quantitative estimate of drug-likeness (QED) is 0.0240. The van der Waals surface area contributed by atoms with E-state index in [1.165, 1.54) is 103 Å². The third-order valence-electron chi connectivity index (χ3n) is 8.51. The zero-order valence-electron chi connectivity index (χ0n) is 31.5. The molecule has 0 aromatic heterocycles. The fourth-order valence-corrected chi connectivity index (χ4v) is 6.13. The Labute approximate surface area is 303 Å². The van der Waals surface area contributed by atoms with Gasteiger partial charge in [-0.05, 0) is 38.5 Å². The number of phosphoric acid groups is 1. The largest absolute Gasteiger partial charge is 0.480 e. The number of carboxylic acid groups (broad SMARTS) is 1. The van der Waals surface area contributed by atoms with Crippen LogP contribution < -0.4 is 5.73 Å². The third kappa shape index (κ3) is 33.4. The Kier molecular flexibility index (Phi) is 33.1. The molecule has 50 heavy (non-hydrogen) atoms. The average Bonchev–Trinajstić information content (AvgIpc) is 3.09. The van der Waals surface area contributed by atoms with E-state index in [0.29, 0.717) is 12.8 Å². The lowest BCUT2D eigenvalue weighted by Crippen LogP contribution is -2.34. The number of rotatable bonds is 37. The number of allylic oxidation sites excluding steroid dienone is 2. The highest BCUT2D eigenvalue weighted by Gasteiger charge is 2.28. The van der Waals surface area contributed by atoms with Crippen LogP contribution >= 0.6 is 7.82 Å². The lowest BCUT2D eigenvalue weighted by molar-refractivity contribution is -0.161. The Morgan fingerprint density at radius 2 is 1.00 bits per heavy atom. The van der Waals surface area contributed by atoms with Crippen LogP contribution in [0.1, 0.15) is 181 Å². The van der Waals surface area contributed by atoms with E-state index in [1.54, 1.807) is 0 Å². The number of ether oxygens (including phenoxy) is 2. The predicted octanol–water partition coefficient (Wildman–Crippen LogP) is 9.73. The van der Waals surface area contributed by atoms with Crippen LogP contribution in [0.5, 0.6) is 0 Å². The maximum absolute atomic E-state index is 12.6. The molecular formula is C38H72NO10P. The van der Waals surface area contributed by atoms with Crippen LogP contribution in [-0.2, 0) is 37.5 Å². The number of carboxylic acids is 1. The van der Waals surface area contributed by atoms with Crippen molar-refractivity contribution in [2.24, 2.45) is 5.73 Å². The SMILES string of the molecule is CCCCCCCCCCC/C=C/CCCCC(=O)O[C@H](COC(=O)CCCCCCCCCCCCC)COP(=O)(O)OC[C@H](N)C(=O)O. The van der Waals surface area contributed by atoms with E-state index in [2.05, 4.69) is 30.5 Å². The molecule has 0 spiro atoms. The van der Waals surface area contributed by atoms with Crippen LogP contribution in [0, 0.1) is 0 Å². The van der Waals surface area contributed by atoms with E-state index < -0.39 is 51.1 Å². The number of hydrogen-bond acceptors (Lipinski definition) is 9. The van der Waals surface area contributed by atoms with E-state index in [9.17, 15) is 23.8 Å². The number of unbranched alkanes of at least 4 members (excludes halogenated alkanes) is 21. The summed E-state index contributed by atoms with van der Waals surface area (Å²) in [5.41, 5.74) is 5.31. The molecule has 0 bridgehead atoms. The number of nitrogens with two attached hydrogens (primary N) is 1. The molecule has 0 amide bonds. The van der Waals surface area contributed by atoms with Gasteiger partial charge in [0.15, 0.2) is 6.10 Å². The first-order valence-corrected chi connectivity index (χ1v) is 21.2. The van der Waals surface area contributed by atoms with Gasteiger partial charge in [-0.15, -0.1) is 0 Å². The first-order chi connectivity index (χ1) is 24.1. The number of carbonyl (C=O) groups excluding carboxylic acids is 2. The first kappa shape index (κ1) is 48.2. The fraction of sp³-hybridized carbons (Fsp3) is 0.868. The van der Waals surface area contributed by atoms with Gasteiger partial charge in [-0.2, -0.15) is 0 Å². The van der Waals surface area contributed by atoms with E-state index in [4.69, 9.17) is 24.8 Å². The highest BCUT2D eigenvalue weighted by molar-refractivity contribution is 7.47. The molecule has 294 valence electrons. The van der Waals surface area contributed by atoms with Crippen LogP contribution in [0.3, 0.4) is 0 Å². The van der Waals surface area contributed by atoms with Gasteiger partial charge in [0.1, 0.15) is 12.6 Å². The summed E-state index contributed by atoms with van der Waals surface area (Å²) >= 11 is 0. The molecule has 0 aromatic carbocycles. The monoisotopic (exact) mass is 733 g/mol. The standard InChI is InChI=1S/C38H72NO10P/c1-3-5-7-9-11-13-15-16-17-18-20-22-24-26-28-30-37(41)49-34(32-47-50(44,45)48-33-35(39)38(42)43)31-46-36(40)29-27-25-23-21-19-14-12-10-8-6-4-2/h20,22,34-35H,3-19,21,23-33,39H2,1-2H3,(H,42,43)(H,44,45)/b22-20+/t34-,35+/m1/s1. The van der Waals surface area contributed by atoms with Gasteiger partial charge in [-0.25, -0.2) is 4.57 Å². The Balaban J connectivity index is 4.44. The normalized spacial score (nSPS) is 14.0. The minimum Gasteiger partial charge on any atom is -0.480 e. The molecule has 0 saturated heterocycles. The second-order valence-electron chi connectivity index (χ2n) is 13.4. The molecule has 0 aromatic rings. The number of aliphatic carboxylic acids is 1. The van der Waals surface area contributed by atoms with Crippen LogP contribution in [0.4, 0.5) is 0 Å². The summed E-state index contributed by atoms with van der Waals surface area (Å²) in [5.74, 6) is -2.40. The van der Waals surface area contributed by atoms with Gasteiger partial charge in [0.2, 0.25) is 0 Å². The average molecular weight is 734 g/mol. The lowest BCUT2D eigenvalue weighted by Gasteiger charge is -2.20. The number of carbonyl (C=O) groups is 3. The second-order valence-corrected chi connectivity index (χ2v) is 14.9. The number of esters is 2. The van der Waals surface area contributed by atoms with Crippen molar-refractivity contribution < 1.29 is 47.5 Å². The fourth-order valence-electron chi connectivity index (χ4n) is 5.35. The summed E-state index contributed by atoms with van der Waals surface area (Å²) < 4.78 is 32.5. The molecule has 0 fully saturated rings. The van der Waals surface area contributed by atoms with Crippen molar-refractivity contribution in [2.75, 3.05) is 19.8 Å². The van der Waals surface area contributed by atoms with Crippen LogP contribution in [0.15, 0.2) is 12.2 Å². The minimum atomic E-state index is -4.71. The van der Waals surface area contributed by atoms with Crippen molar-refractivity contribution in [3.05, 3.63) is 12.2 Å². The summed E-state index contributed by atoms with van der Waals surface area (Å²) in [5, 5.41) is 8.85. The highest BCUT2D eigenvalue weighted by Crippen LogP contribution is 2.43. The Morgan fingerprint density at radius 3 is 1.50 bits per heavy atom. The van der Waals surface area contributed by atoms with E-state index in [1.807, 2.05) is 0 Å². The molecule has 11 nitrogen and oxygen atoms in total. The summed E-state index contributed by atoms with van der Waals surface area (Å²) in [6.07, 6.45) is 31.4. The maximum atomic E-state index is 12.6. The Morgan fingerprint density at radius 1 is 0.600 bits per heavy atom.